The van der Waals surface area contributed by atoms with Crippen LogP contribution in [-0.2, 0) is 9.53 Å². The molecule has 0 aliphatic carbocycles. The number of ether oxygens (including phenoxy) is 1. The molecule has 4 heteroatoms. The van der Waals surface area contributed by atoms with Crippen molar-refractivity contribution in [1.82, 2.24) is 0 Å². The van der Waals surface area contributed by atoms with Crippen LogP contribution in [-0.4, -0.2) is 35.3 Å². The Morgan fingerprint density at radius 1 is 0.852 bits per heavy atom. The van der Waals surface area contributed by atoms with Crippen LogP contribution in [0, 0.1) is 5.92 Å². The monoisotopic (exact) mass is 508 g/mol. The minimum absolute atomic E-state index is 0.0408. The Morgan fingerprint density at radius 2 is 1.37 bits per heavy atom. The van der Waals surface area contributed by atoms with Crippen LogP contribution in [0.4, 0.5) is 0 Å². The molecule has 0 aromatic carbocycles. The second-order valence-corrected chi connectivity index (χ2v) is 28.2. The molecule has 2 nitrogen and oxygen atoms in total. The fourth-order valence-electron chi connectivity index (χ4n) is 3.62. The van der Waals surface area contributed by atoms with Crippen molar-refractivity contribution in [2.24, 2.45) is 5.92 Å². The Bertz CT molecular complexity index is 327. The molecule has 0 bridgehead atoms. The molecule has 0 radical (unpaired) electrons. The summed E-state index contributed by atoms with van der Waals surface area (Å²) in [4.78, 5) is 12.3. The molecular weight excluding hydrogens is 459 g/mol. The van der Waals surface area contributed by atoms with Crippen LogP contribution in [0.1, 0.15) is 105 Å². The van der Waals surface area contributed by atoms with Gasteiger partial charge < -0.3 is 0 Å². The Morgan fingerprint density at radius 3 is 1.81 bits per heavy atom. The number of rotatable bonds is 19. The third kappa shape index (κ3) is 14.3. The van der Waals surface area contributed by atoms with E-state index < -0.39 is 17.0 Å². The summed E-state index contributed by atoms with van der Waals surface area (Å²) in [6, 6.07) is 0. The van der Waals surface area contributed by atoms with Crippen molar-refractivity contribution in [3.05, 3.63) is 0 Å². The van der Waals surface area contributed by atoms with Gasteiger partial charge in [-0.1, -0.05) is 0 Å². The average Bonchev–Trinajstić information content (AvgIpc) is 2.69. The summed E-state index contributed by atoms with van der Waals surface area (Å²) in [6.45, 7) is 12.0. The molecule has 0 fully saturated rings. The van der Waals surface area contributed by atoms with E-state index in [0.29, 0.717) is 18.9 Å². The first-order valence-electron chi connectivity index (χ1n) is 11.9. The van der Waals surface area contributed by atoms with Gasteiger partial charge in [-0.3, -0.25) is 0 Å². The molecule has 0 aliphatic rings. The third-order valence-electron chi connectivity index (χ3n) is 5.70. The van der Waals surface area contributed by atoms with Gasteiger partial charge in [0.1, 0.15) is 0 Å². The summed E-state index contributed by atoms with van der Waals surface area (Å²) in [6.07, 6.45) is 13.5. The first-order valence-corrected chi connectivity index (χ1v) is 22.4. The SMILES string of the molecule is CCCCC(CC)COC(=O)CC[S][Sn]([CH2]CCC)([CH2]CCC)[CH2]CCC. The fraction of sp³-hybridized carbons (Fsp3) is 0.957. The van der Waals surface area contributed by atoms with Crippen molar-refractivity contribution in [2.75, 3.05) is 12.4 Å². The Labute approximate surface area is 177 Å². The molecule has 27 heavy (non-hydrogen) atoms. The summed E-state index contributed by atoms with van der Waals surface area (Å²) in [5.74, 6) is 1.61. The number of carbonyl (C=O) groups is 1. The van der Waals surface area contributed by atoms with Crippen LogP contribution in [0.15, 0.2) is 0 Å². The maximum atomic E-state index is 12.3. The first kappa shape index (κ1) is 27.6. The summed E-state index contributed by atoms with van der Waals surface area (Å²) < 4.78 is 10.2. The summed E-state index contributed by atoms with van der Waals surface area (Å²) in [5, 5.41) is 0. The Kier molecular flexibility index (Phi) is 19.1. The second kappa shape index (κ2) is 18.6. The average molecular weight is 507 g/mol. The number of unbranched alkanes of at least 4 members (excludes halogenated alkanes) is 4. The Balaban J connectivity index is 4.46. The van der Waals surface area contributed by atoms with Gasteiger partial charge in [0.15, 0.2) is 0 Å². The van der Waals surface area contributed by atoms with Gasteiger partial charge in [0.25, 0.3) is 0 Å². The quantitative estimate of drug-likeness (QED) is 0.130. The van der Waals surface area contributed by atoms with Crippen molar-refractivity contribution >= 4 is 31.9 Å². The molecule has 0 saturated carbocycles. The predicted octanol–water partition coefficient (Wildman–Crippen LogP) is 8.22. The minimum atomic E-state index is -2.14. The van der Waals surface area contributed by atoms with E-state index in [9.17, 15) is 4.79 Å². The summed E-state index contributed by atoms with van der Waals surface area (Å²) in [5.41, 5.74) is 0. The van der Waals surface area contributed by atoms with Crippen LogP contribution in [0.5, 0.6) is 0 Å². The Hall–Kier alpha value is 0.619. The van der Waals surface area contributed by atoms with E-state index in [1.165, 1.54) is 71.1 Å². The first-order chi connectivity index (χ1) is 13.1. The van der Waals surface area contributed by atoms with E-state index in [4.69, 9.17) is 4.74 Å². The summed E-state index contributed by atoms with van der Waals surface area (Å²) in [7, 11) is 2.28. The third-order valence-corrected chi connectivity index (χ3v) is 28.6. The van der Waals surface area contributed by atoms with Gasteiger partial charge in [-0.15, -0.1) is 0 Å². The molecule has 0 rings (SSSR count). The van der Waals surface area contributed by atoms with Crippen molar-refractivity contribution in [2.45, 2.75) is 119 Å². The van der Waals surface area contributed by atoms with Crippen LogP contribution in [0.3, 0.4) is 0 Å². The zero-order valence-electron chi connectivity index (χ0n) is 19.1. The molecule has 162 valence electrons. The number of hydrogen-bond donors (Lipinski definition) is 0. The predicted molar refractivity (Wildman–Crippen MR) is 126 cm³/mol. The molecule has 0 amide bonds. The van der Waals surface area contributed by atoms with Crippen LogP contribution >= 0.6 is 8.95 Å². The molecule has 0 aromatic heterocycles. The van der Waals surface area contributed by atoms with Crippen LogP contribution in [0.25, 0.3) is 0 Å². The maximum absolute atomic E-state index is 12.3. The zero-order chi connectivity index (χ0) is 20.4. The van der Waals surface area contributed by atoms with Gasteiger partial charge in [0.05, 0.1) is 0 Å². The number of carbonyl (C=O) groups excluding carboxylic acids is 1. The molecule has 0 spiro atoms. The van der Waals surface area contributed by atoms with Crippen molar-refractivity contribution in [3.63, 3.8) is 0 Å². The molecule has 0 saturated heterocycles. The van der Waals surface area contributed by atoms with Crippen molar-refractivity contribution < 1.29 is 9.53 Å². The molecule has 0 aromatic rings. The second-order valence-electron chi connectivity index (χ2n) is 8.19. The van der Waals surface area contributed by atoms with E-state index in [0.717, 1.165) is 12.2 Å². The normalized spacial score (nSPS) is 12.9. The van der Waals surface area contributed by atoms with Crippen LogP contribution in [0.2, 0.25) is 13.3 Å². The fourth-order valence-corrected chi connectivity index (χ4v) is 26.6. The molecule has 1 unspecified atom stereocenters. The van der Waals surface area contributed by atoms with Gasteiger partial charge in [0, 0.05) is 0 Å². The van der Waals surface area contributed by atoms with E-state index in [1.54, 1.807) is 0 Å². The number of esters is 1. The topological polar surface area (TPSA) is 26.3 Å². The van der Waals surface area contributed by atoms with E-state index in [2.05, 4.69) is 43.6 Å². The van der Waals surface area contributed by atoms with Gasteiger partial charge in [-0.2, -0.15) is 0 Å². The van der Waals surface area contributed by atoms with Crippen LogP contribution < -0.4 is 0 Å². The van der Waals surface area contributed by atoms with Gasteiger partial charge in [0.2, 0.25) is 0 Å². The van der Waals surface area contributed by atoms with E-state index in [-0.39, 0.29) is 5.97 Å². The molecule has 1 atom stereocenters. The zero-order valence-corrected chi connectivity index (χ0v) is 22.8. The summed E-state index contributed by atoms with van der Waals surface area (Å²) >= 11 is -2.14. The van der Waals surface area contributed by atoms with Gasteiger partial charge in [-0.25, -0.2) is 0 Å². The molecular formula is C23H48O2SSn. The van der Waals surface area contributed by atoms with Gasteiger partial charge >= 0.3 is 178 Å². The molecule has 0 aliphatic heterocycles. The van der Waals surface area contributed by atoms with E-state index >= 15 is 0 Å². The van der Waals surface area contributed by atoms with E-state index in [1.807, 2.05) is 0 Å². The molecule has 0 heterocycles. The number of hydrogen-bond acceptors (Lipinski definition) is 3. The standard InChI is InChI=1S/C11H22O2S.3C4H9.Sn/c1-3-5-6-10(4-2)9-13-11(12)7-8-14;3*1-3-4-2;/h10,14H,3-9H2,1-2H3;3*1,3-4H2,2H3;/q;;;;+1/p-1. The molecule has 0 N–H and O–H groups in total. The van der Waals surface area contributed by atoms with Gasteiger partial charge in [-0.05, 0) is 0 Å². The van der Waals surface area contributed by atoms with Crippen molar-refractivity contribution in [3.8, 4) is 0 Å². The van der Waals surface area contributed by atoms with Crippen molar-refractivity contribution in [1.29, 1.82) is 0 Å².